The second-order valence-corrected chi connectivity index (χ2v) is 24.4. The van der Waals surface area contributed by atoms with Gasteiger partial charge in [0.1, 0.15) is 0 Å². The summed E-state index contributed by atoms with van der Waals surface area (Å²) < 4.78 is 525. The number of nitrogens with zero attached hydrogens (tertiary/aromatic N) is 3. The van der Waals surface area contributed by atoms with E-state index in [0.717, 1.165) is 0 Å². The van der Waals surface area contributed by atoms with E-state index in [1.54, 1.807) is 0 Å². The zero-order valence-corrected chi connectivity index (χ0v) is 64.1. The quantitative estimate of drug-likeness (QED) is 0.0272. The van der Waals surface area contributed by atoms with Crippen LogP contribution in [0.15, 0.2) is 0 Å². The molecule has 0 aliphatic heterocycles. The SMILES string of the molecule is CCCN(CCC)CCC.CCCN(CCC)CCC.CCCN(CCC)CCC.Fc1c(F)c(F)c(-c2c(F)c(F)c(F)c(F)c2F)c(F)c1F.Fc1c(F)c(F)c(-c2c(F)c(F)c(F)c(F)c2F)c(F)c1F.Fc1c(F)c(F)c(-c2c(F)c(F)c(F)c(F)c2F)c(F)c1F.Fc1c(F)c(F)c(-c2c(F)c(F)c(F)c(F)c2F)c(F)c1F.OB(O)O. The molecule has 0 atom stereocenters. The van der Waals surface area contributed by atoms with Crippen molar-refractivity contribution in [1.82, 2.24) is 14.7 Å². The van der Waals surface area contributed by atoms with Crippen molar-refractivity contribution in [3.8, 4) is 44.5 Å². The van der Waals surface area contributed by atoms with E-state index in [0.29, 0.717) is 0 Å². The van der Waals surface area contributed by atoms with Gasteiger partial charge in [0.2, 0.25) is 46.5 Å². The number of hydrogen-bond donors (Lipinski definition) is 3. The monoisotopic (exact) mass is 1830 g/mol. The highest BCUT2D eigenvalue weighted by atomic mass is 19.2. The fourth-order valence-corrected chi connectivity index (χ4v) is 10.4. The highest BCUT2D eigenvalue weighted by Gasteiger charge is 2.40. The Morgan fingerprint density at radius 2 is 0.180 bits per heavy atom. The van der Waals surface area contributed by atoms with E-state index in [2.05, 4.69) is 77.0 Å². The molecule has 6 nitrogen and oxygen atoms in total. The first-order valence-corrected chi connectivity index (χ1v) is 35.0. The fraction of sp³-hybridized carbons (Fsp3) is 0.360. The molecule has 0 saturated heterocycles. The summed E-state index contributed by atoms with van der Waals surface area (Å²) in [6.07, 6.45) is 11.6. The third-order valence-electron chi connectivity index (χ3n) is 15.5. The number of hydrogen-bond acceptors (Lipinski definition) is 6. The van der Waals surface area contributed by atoms with Crippen molar-refractivity contribution in [3.05, 3.63) is 233 Å². The van der Waals surface area contributed by atoms with Gasteiger partial charge in [0.05, 0.1) is 44.5 Å². The molecule has 0 bridgehead atoms. The van der Waals surface area contributed by atoms with Crippen molar-refractivity contribution in [3.63, 3.8) is 0 Å². The lowest BCUT2D eigenvalue weighted by molar-refractivity contribution is 0.275. The summed E-state index contributed by atoms with van der Waals surface area (Å²) >= 11 is 0. The molecule has 0 amide bonds. The molecule has 0 aromatic heterocycles. The van der Waals surface area contributed by atoms with Crippen LogP contribution >= 0.6 is 0 Å². The van der Waals surface area contributed by atoms with Gasteiger partial charge in [-0.05, 0) is 117 Å². The minimum atomic E-state index is -2.68. The standard InChI is InChI=1S/4C12F10.3C9H21N.BH3O3/c4*13-3-1(4(14)8(18)11(21)7(3)17)2-5(15)9(19)12(22)10(20)6(2)16;3*1-4-7-10(8-5-2)9-6-3;2-1(3)4/h;;;;3*4-9H2,1-3H3;2-4H. The largest absolute Gasteiger partial charge is 0.631 e. The summed E-state index contributed by atoms with van der Waals surface area (Å²) in [6, 6.07) is 0. The topological polar surface area (TPSA) is 70.4 Å². The Bertz CT molecular complexity index is 3770. The third-order valence-corrected chi connectivity index (χ3v) is 15.5. The molecule has 0 saturated carbocycles. The maximum Gasteiger partial charge on any atom is 0.631 e. The smallest absolute Gasteiger partial charge is 0.402 e. The van der Waals surface area contributed by atoms with Gasteiger partial charge in [-0.15, -0.1) is 0 Å². The van der Waals surface area contributed by atoms with E-state index in [-0.39, 0.29) is 0 Å². The van der Waals surface area contributed by atoms with Crippen LogP contribution in [0.25, 0.3) is 44.5 Å². The van der Waals surface area contributed by atoms with Gasteiger partial charge in [-0.2, -0.15) is 0 Å². The van der Waals surface area contributed by atoms with Crippen molar-refractivity contribution < 1.29 is 191 Å². The van der Waals surface area contributed by atoms with Crippen LogP contribution in [0.4, 0.5) is 176 Å². The van der Waals surface area contributed by atoms with E-state index < -0.39 is 285 Å². The summed E-state index contributed by atoms with van der Waals surface area (Å²) in [5, 5.41) is 21.5. The molecular weight excluding hydrogens is 1760 g/mol. The van der Waals surface area contributed by atoms with Crippen LogP contribution in [0.1, 0.15) is 120 Å². The van der Waals surface area contributed by atoms with Crippen molar-refractivity contribution in [1.29, 1.82) is 0 Å². The molecule has 8 aromatic rings. The molecule has 0 unspecified atom stereocenters. The van der Waals surface area contributed by atoms with Crippen molar-refractivity contribution >= 4 is 7.32 Å². The second-order valence-electron chi connectivity index (χ2n) is 24.4. The predicted octanol–water partition coefficient (Wildman–Crippen LogP) is 24.5. The summed E-state index contributed by atoms with van der Waals surface area (Å²) in [7, 11) is -2.17. The molecule has 47 heteroatoms. The van der Waals surface area contributed by atoms with E-state index in [1.165, 1.54) is 117 Å². The Kier molecular flexibility index (Phi) is 45.9. The van der Waals surface area contributed by atoms with Crippen molar-refractivity contribution in [2.45, 2.75) is 120 Å². The molecule has 0 fully saturated rings. The predicted molar refractivity (Wildman–Crippen MR) is 360 cm³/mol. The highest BCUT2D eigenvalue weighted by Crippen LogP contribution is 2.43. The van der Waals surface area contributed by atoms with E-state index in [9.17, 15) is 176 Å². The molecule has 0 radical (unpaired) electrons. The van der Waals surface area contributed by atoms with Crippen LogP contribution in [0.5, 0.6) is 0 Å². The Labute approximate surface area is 667 Å². The van der Waals surface area contributed by atoms with Crippen LogP contribution in [0.3, 0.4) is 0 Å². The third kappa shape index (κ3) is 26.2. The molecule has 8 rings (SSSR count). The van der Waals surface area contributed by atoms with Gasteiger partial charge in [0.15, 0.2) is 186 Å². The first-order valence-electron chi connectivity index (χ1n) is 35.0. The number of benzene rings is 8. The molecule has 0 spiro atoms. The van der Waals surface area contributed by atoms with E-state index in [1.807, 2.05) is 0 Å². The first-order chi connectivity index (χ1) is 56.7. The minimum Gasteiger partial charge on any atom is -0.402 e. The highest BCUT2D eigenvalue weighted by molar-refractivity contribution is 6.30. The molecule has 122 heavy (non-hydrogen) atoms. The van der Waals surface area contributed by atoms with Gasteiger partial charge in [0.25, 0.3) is 0 Å². The minimum absolute atomic E-state index is 1.28. The summed E-state index contributed by atoms with van der Waals surface area (Å²) in [5.74, 6) is -107. The Hall–Kier alpha value is -9.22. The molecule has 8 aromatic carbocycles. The first kappa shape index (κ1) is 111. The number of halogens is 40. The average Bonchev–Trinajstić information content (AvgIpc) is 0.767. The molecule has 0 aliphatic rings. The van der Waals surface area contributed by atoms with Crippen LogP contribution in [-0.2, 0) is 0 Å². The van der Waals surface area contributed by atoms with Gasteiger partial charge < -0.3 is 29.8 Å². The van der Waals surface area contributed by atoms with E-state index in [4.69, 9.17) is 15.1 Å². The summed E-state index contributed by atoms with van der Waals surface area (Å²) in [5.41, 5.74) is -18.1. The summed E-state index contributed by atoms with van der Waals surface area (Å²) in [6.45, 7) is 31.8. The van der Waals surface area contributed by atoms with Crippen LogP contribution in [-0.4, -0.2) is 96.0 Å². The fourth-order valence-electron chi connectivity index (χ4n) is 10.4. The van der Waals surface area contributed by atoms with Gasteiger partial charge in [-0.3, -0.25) is 0 Å². The van der Waals surface area contributed by atoms with Gasteiger partial charge >= 0.3 is 7.32 Å². The Balaban J connectivity index is 0.000000724. The maximum atomic E-state index is 13.4. The lowest BCUT2D eigenvalue weighted by Crippen LogP contribution is -2.26. The molecule has 3 N–H and O–H groups in total. The van der Waals surface area contributed by atoms with Crippen molar-refractivity contribution in [2.75, 3.05) is 58.9 Å². The zero-order chi connectivity index (χ0) is 94.8. The van der Waals surface area contributed by atoms with Gasteiger partial charge in [-0.1, -0.05) is 62.3 Å². The maximum absolute atomic E-state index is 13.4. The van der Waals surface area contributed by atoms with Crippen LogP contribution in [0.2, 0.25) is 0 Å². The molecule has 682 valence electrons. The zero-order valence-electron chi connectivity index (χ0n) is 64.1. The van der Waals surface area contributed by atoms with Crippen molar-refractivity contribution in [2.24, 2.45) is 0 Å². The van der Waals surface area contributed by atoms with Crippen LogP contribution in [0, 0.1) is 233 Å². The Morgan fingerprint density at radius 1 is 0.131 bits per heavy atom. The lowest BCUT2D eigenvalue weighted by atomic mass is 10.0. The van der Waals surface area contributed by atoms with Crippen LogP contribution < -0.4 is 0 Å². The molecule has 0 heterocycles. The normalized spacial score (nSPS) is 10.9. The number of rotatable bonds is 22. The molecule has 0 aliphatic carbocycles. The average molecular weight is 1830 g/mol. The Morgan fingerprint density at radius 3 is 0.230 bits per heavy atom. The molecular formula is C75H66BF40N3O3. The lowest BCUT2D eigenvalue weighted by Gasteiger charge is -2.19. The van der Waals surface area contributed by atoms with E-state index >= 15 is 0 Å². The summed E-state index contributed by atoms with van der Waals surface area (Å²) in [4.78, 5) is 7.63. The second kappa shape index (κ2) is 50.5. The van der Waals surface area contributed by atoms with Gasteiger partial charge in [-0.25, -0.2) is 176 Å². The van der Waals surface area contributed by atoms with Gasteiger partial charge in [0, 0.05) is 0 Å².